The van der Waals surface area contributed by atoms with E-state index in [1.165, 1.54) is 7.11 Å². The fourth-order valence-electron chi connectivity index (χ4n) is 3.62. The first-order valence-corrected chi connectivity index (χ1v) is 7.88. The van der Waals surface area contributed by atoms with E-state index in [-0.39, 0.29) is 5.97 Å². The van der Waals surface area contributed by atoms with E-state index in [1.807, 2.05) is 78.9 Å². The van der Waals surface area contributed by atoms with Gasteiger partial charge in [0.15, 0.2) is 0 Å². The Morgan fingerprint density at radius 3 is 1.83 bits per heavy atom. The number of hydrogen-bond donors (Lipinski definition) is 1. The summed E-state index contributed by atoms with van der Waals surface area (Å²) in [5.74, 6) is -0.282. The van der Waals surface area contributed by atoms with Crippen molar-refractivity contribution in [1.29, 1.82) is 0 Å². The van der Waals surface area contributed by atoms with Crippen molar-refractivity contribution < 1.29 is 9.53 Å². The lowest BCUT2D eigenvalue weighted by Gasteiger charge is -2.39. The molecule has 0 unspecified atom stereocenters. The Balaban J connectivity index is 2.15. The van der Waals surface area contributed by atoms with Crippen LogP contribution in [0.3, 0.4) is 0 Å². The van der Waals surface area contributed by atoms with E-state index >= 15 is 0 Å². The molecule has 0 aliphatic carbocycles. The van der Waals surface area contributed by atoms with Crippen LogP contribution in [0.15, 0.2) is 78.9 Å². The third-order valence-electron chi connectivity index (χ3n) is 4.63. The molecule has 4 rings (SSSR count). The molecule has 3 nitrogen and oxygen atoms in total. The van der Waals surface area contributed by atoms with E-state index in [2.05, 4.69) is 5.32 Å². The molecular formula is C21H17NO2. The Labute approximate surface area is 140 Å². The van der Waals surface area contributed by atoms with E-state index in [0.29, 0.717) is 0 Å². The molecule has 1 aliphatic heterocycles. The normalized spacial score (nSPS) is 14.0. The number of fused-ring (bicyclic) bond motifs is 2. The Morgan fingerprint density at radius 2 is 1.29 bits per heavy atom. The average molecular weight is 315 g/mol. The minimum absolute atomic E-state index is 0.282. The summed E-state index contributed by atoms with van der Waals surface area (Å²) < 4.78 is 5.29. The first-order valence-electron chi connectivity index (χ1n) is 7.88. The van der Waals surface area contributed by atoms with E-state index in [9.17, 15) is 4.79 Å². The highest BCUT2D eigenvalue weighted by molar-refractivity contribution is 5.98. The second-order valence-corrected chi connectivity index (χ2v) is 5.82. The van der Waals surface area contributed by atoms with Gasteiger partial charge in [-0.15, -0.1) is 0 Å². The van der Waals surface area contributed by atoms with Gasteiger partial charge in [0.25, 0.3) is 0 Å². The van der Waals surface area contributed by atoms with E-state index in [0.717, 1.165) is 28.1 Å². The number of ether oxygens (including phenoxy) is 1. The molecule has 118 valence electrons. The van der Waals surface area contributed by atoms with Crippen LogP contribution in [0.2, 0.25) is 0 Å². The monoisotopic (exact) mass is 315 g/mol. The van der Waals surface area contributed by atoms with Gasteiger partial charge in [-0.2, -0.15) is 0 Å². The molecular weight excluding hydrogens is 298 g/mol. The fraction of sp³-hybridized carbons (Fsp3) is 0.0952. The summed E-state index contributed by atoms with van der Waals surface area (Å²) in [6, 6.07) is 25.6. The highest BCUT2D eigenvalue weighted by atomic mass is 16.5. The smallest absolute Gasteiger partial charge is 0.325 e. The van der Waals surface area contributed by atoms with Crippen molar-refractivity contribution in [3.05, 3.63) is 95.6 Å². The molecule has 1 aliphatic rings. The highest BCUT2D eigenvalue weighted by Crippen LogP contribution is 2.50. The zero-order valence-electron chi connectivity index (χ0n) is 13.3. The number of hydrogen-bond acceptors (Lipinski definition) is 3. The van der Waals surface area contributed by atoms with E-state index in [1.54, 1.807) is 0 Å². The van der Waals surface area contributed by atoms with Crippen LogP contribution >= 0.6 is 0 Å². The molecule has 1 N–H and O–H groups in total. The summed E-state index contributed by atoms with van der Waals surface area (Å²) in [5.41, 5.74) is 3.58. The number of anilines is 2. The number of nitrogens with one attached hydrogen (secondary N) is 1. The molecule has 0 fully saturated rings. The van der Waals surface area contributed by atoms with Gasteiger partial charge in [0.1, 0.15) is 5.41 Å². The van der Waals surface area contributed by atoms with Crippen LogP contribution in [-0.4, -0.2) is 13.1 Å². The summed E-state index contributed by atoms with van der Waals surface area (Å²) in [5, 5.41) is 3.44. The second kappa shape index (κ2) is 5.53. The predicted molar refractivity (Wildman–Crippen MR) is 94.5 cm³/mol. The first kappa shape index (κ1) is 14.5. The van der Waals surface area contributed by atoms with Gasteiger partial charge < -0.3 is 10.1 Å². The maximum absolute atomic E-state index is 13.2. The minimum atomic E-state index is -0.978. The van der Waals surface area contributed by atoms with Gasteiger partial charge in [-0.05, 0) is 17.7 Å². The molecule has 0 spiro atoms. The van der Waals surface area contributed by atoms with Gasteiger partial charge in [0, 0.05) is 22.5 Å². The SMILES string of the molecule is COC(=O)C1(c2ccccc2)c2ccccc2Nc2ccccc21. The number of carbonyl (C=O) groups is 1. The summed E-state index contributed by atoms with van der Waals surface area (Å²) in [6.07, 6.45) is 0. The van der Waals surface area contributed by atoms with Crippen LogP contribution in [0, 0.1) is 0 Å². The molecule has 0 radical (unpaired) electrons. The van der Waals surface area contributed by atoms with Crippen LogP contribution in [-0.2, 0) is 14.9 Å². The van der Waals surface area contributed by atoms with Gasteiger partial charge in [-0.25, -0.2) is 0 Å². The molecule has 0 atom stereocenters. The van der Waals surface area contributed by atoms with Gasteiger partial charge in [0.05, 0.1) is 7.11 Å². The number of esters is 1. The maximum atomic E-state index is 13.2. The molecule has 1 heterocycles. The number of rotatable bonds is 2. The topological polar surface area (TPSA) is 38.3 Å². The summed E-state index contributed by atoms with van der Waals surface area (Å²) in [4.78, 5) is 13.2. The lowest BCUT2D eigenvalue weighted by Crippen LogP contribution is -2.42. The molecule has 24 heavy (non-hydrogen) atoms. The number of para-hydroxylation sites is 2. The van der Waals surface area contributed by atoms with Crippen molar-refractivity contribution in [1.82, 2.24) is 0 Å². The molecule has 0 bridgehead atoms. The average Bonchev–Trinajstić information content (AvgIpc) is 2.66. The summed E-state index contributed by atoms with van der Waals surface area (Å²) in [6.45, 7) is 0. The standard InChI is InChI=1S/C21H17NO2/c1-24-20(23)21(15-9-3-2-4-10-15)16-11-5-7-13-18(16)22-19-14-8-6-12-17(19)21/h2-14,22H,1H3. The van der Waals surface area contributed by atoms with Crippen LogP contribution in [0.4, 0.5) is 11.4 Å². The zero-order valence-corrected chi connectivity index (χ0v) is 13.3. The van der Waals surface area contributed by atoms with Crippen molar-refractivity contribution in [3.8, 4) is 0 Å². The second-order valence-electron chi connectivity index (χ2n) is 5.82. The Hall–Kier alpha value is -3.07. The Morgan fingerprint density at radius 1 is 0.792 bits per heavy atom. The van der Waals surface area contributed by atoms with Crippen molar-refractivity contribution in [2.24, 2.45) is 0 Å². The van der Waals surface area contributed by atoms with Crippen LogP contribution < -0.4 is 5.32 Å². The third kappa shape index (κ3) is 1.88. The number of benzene rings is 3. The van der Waals surface area contributed by atoms with Gasteiger partial charge in [0.2, 0.25) is 0 Å². The lowest BCUT2D eigenvalue weighted by molar-refractivity contribution is -0.144. The summed E-state index contributed by atoms with van der Waals surface area (Å²) in [7, 11) is 1.44. The van der Waals surface area contributed by atoms with Crippen LogP contribution in [0.25, 0.3) is 0 Å². The quantitative estimate of drug-likeness (QED) is 0.718. The van der Waals surface area contributed by atoms with Crippen molar-refractivity contribution >= 4 is 17.3 Å². The zero-order chi connectivity index (χ0) is 16.6. The fourth-order valence-corrected chi connectivity index (χ4v) is 3.62. The van der Waals surface area contributed by atoms with Crippen LogP contribution in [0.1, 0.15) is 16.7 Å². The first-order chi connectivity index (χ1) is 11.8. The minimum Gasteiger partial charge on any atom is -0.468 e. The Bertz CT molecular complexity index is 857. The van der Waals surface area contributed by atoms with Gasteiger partial charge in [-0.1, -0.05) is 66.7 Å². The van der Waals surface area contributed by atoms with Gasteiger partial charge in [-0.3, -0.25) is 4.79 Å². The third-order valence-corrected chi connectivity index (χ3v) is 4.63. The molecule has 0 aromatic heterocycles. The maximum Gasteiger partial charge on any atom is 0.325 e. The Kier molecular flexibility index (Phi) is 3.35. The van der Waals surface area contributed by atoms with Crippen LogP contribution in [0.5, 0.6) is 0 Å². The lowest BCUT2D eigenvalue weighted by atomic mass is 9.66. The molecule has 3 aromatic carbocycles. The van der Waals surface area contributed by atoms with Crippen molar-refractivity contribution in [3.63, 3.8) is 0 Å². The molecule has 0 saturated heterocycles. The number of carbonyl (C=O) groups excluding carboxylic acids is 1. The molecule has 0 amide bonds. The van der Waals surface area contributed by atoms with Crippen molar-refractivity contribution in [2.75, 3.05) is 12.4 Å². The van der Waals surface area contributed by atoms with Crippen molar-refractivity contribution in [2.45, 2.75) is 5.41 Å². The summed E-state index contributed by atoms with van der Waals surface area (Å²) >= 11 is 0. The predicted octanol–water partition coefficient (Wildman–Crippen LogP) is 4.25. The largest absolute Gasteiger partial charge is 0.468 e. The number of methoxy groups -OCH3 is 1. The van der Waals surface area contributed by atoms with Gasteiger partial charge >= 0.3 is 5.97 Å². The van der Waals surface area contributed by atoms with E-state index in [4.69, 9.17) is 4.74 Å². The molecule has 3 heteroatoms. The molecule has 3 aromatic rings. The highest BCUT2D eigenvalue weighted by Gasteiger charge is 2.49. The van der Waals surface area contributed by atoms with E-state index < -0.39 is 5.41 Å². The molecule has 0 saturated carbocycles.